The largest absolute Gasteiger partial charge is 0.368 e. The van der Waals surface area contributed by atoms with Gasteiger partial charge in [-0.3, -0.25) is 9.59 Å². The van der Waals surface area contributed by atoms with Gasteiger partial charge in [0.2, 0.25) is 11.8 Å². The Morgan fingerprint density at radius 2 is 2.00 bits per heavy atom. The van der Waals surface area contributed by atoms with E-state index in [4.69, 9.17) is 5.73 Å². The molecule has 0 saturated carbocycles. The van der Waals surface area contributed by atoms with Gasteiger partial charge in [0.1, 0.15) is 0 Å². The molecule has 8 heteroatoms. The van der Waals surface area contributed by atoms with Crippen molar-refractivity contribution in [3.8, 4) is 11.4 Å². The highest BCUT2D eigenvalue weighted by atomic mass is 32.2. The summed E-state index contributed by atoms with van der Waals surface area (Å²) in [5.41, 5.74) is 5.91. The molecule has 7 nitrogen and oxygen atoms in total. The molecular formula is C13H15N5O2S. The molecule has 2 aromatic rings. The minimum Gasteiger partial charge on any atom is -0.368 e. The molecule has 0 aliphatic rings. The summed E-state index contributed by atoms with van der Waals surface area (Å²) < 4.78 is 1.82. The van der Waals surface area contributed by atoms with Crippen LogP contribution in [-0.2, 0) is 16.6 Å². The normalized spacial score (nSPS) is 10.3. The van der Waals surface area contributed by atoms with Crippen molar-refractivity contribution in [3.63, 3.8) is 0 Å². The molecule has 21 heavy (non-hydrogen) atoms. The second-order valence-corrected chi connectivity index (χ2v) is 5.21. The predicted octanol–water partition coefficient (Wildman–Crippen LogP) is 0.176. The van der Waals surface area contributed by atoms with Crippen molar-refractivity contribution in [3.05, 3.63) is 30.3 Å². The monoisotopic (exact) mass is 305 g/mol. The van der Waals surface area contributed by atoms with Crippen LogP contribution >= 0.6 is 11.8 Å². The fourth-order valence-electron chi connectivity index (χ4n) is 1.65. The number of hydrogen-bond acceptors (Lipinski definition) is 5. The van der Waals surface area contributed by atoms with Gasteiger partial charge in [0.05, 0.1) is 12.3 Å². The van der Waals surface area contributed by atoms with Crippen molar-refractivity contribution in [1.82, 2.24) is 20.1 Å². The molecule has 1 aromatic carbocycles. The zero-order chi connectivity index (χ0) is 15.2. The summed E-state index contributed by atoms with van der Waals surface area (Å²) >= 11 is 1.25. The van der Waals surface area contributed by atoms with Crippen molar-refractivity contribution in [2.45, 2.75) is 5.16 Å². The van der Waals surface area contributed by atoms with Crippen LogP contribution in [0.25, 0.3) is 11.4 Å². The van der Waals surface area contributed by atoms with Gasteiger partial charge in [0.25, 0.3) is 0 Å². The van der Waals surface area contributed by atoms with E-state index in [-0.39, 0.29) is 18.2 Å². The predicted molar refractivity (Wildman–Crippen MR) is 79.4 cm³/mol. The molecule has 2 amide bonds. The number of benzene rings is 1. The molecule has 2 rings (SSSR count). The van der Waals surface area contributed by atoms with Crippen molar-refractivity contribution < 1.29 is 9.59 Å². The third kappa shape index (κ3) is 4.06. The Balaban J connectivity index is 1.98. The lowest BCUT2D eigenvalue weighted by Crippen LogP contribution is -2.34. The Morgan fingerprint density at radius 1 is 1.29 bits per heavy atom. The van der Waals surface area contributed by atoms with E-state index in [9.17, 15) is 9.59 Å². The molecule has 0 radical (unpaired) electrons. The van der Waals surface area contributed by atoms with E-state index < -0.39 is 5.91 Å². The lowest BCUT2D eigenvalue weighted by molar-refractivity contribution is -0.123. The van der Waals surface area contributed by atoms with E-state index in [0.717, 1.165) is 11.4 Å². The molecule has 0 unspecified atom stereocenters. The summed E-state index contributed by atoms with van der Waals surface area (Å²) in [6, 6.07) is 9.66. The third-order valence-corrected chi connectivity index (χ3v) is 3.68. The lowest BCUT2D eigenvalue weighted by Gasteiger charge is -2.04. The lowest BCUT2D eigenvalue weighted by atomic mass is 10.2. The maximum Gasteiger partial charge on any atom is 0.236 e. The molecule has 0 saturated heterocycles. The molecule has 1 heterocycles. The molecule has 3 N–H and O–H groups in total. The number of aromatic nitrogens is 3. The van der Waals surface area contributed by atoms with Gasteiger partial charge in [-0.05, 0) is 0 Å². The number of amides is 2. The van der Waals surface area contributed by atoms with E-state index in [1.165, 1.54) is 11.8 Å². The molecule has 1 aromatic heterocycles. The number of nitrogens with zero attached hydrogens (tertiary/aromatic N) is 3. The average Bonchev–Trinajstić information content (AvgIpc) is 2.85. The second-order valence-electron chi connectivity index (χ2n) is 4.26. The van der Waals surface area contributed by atoms with Gasteiger partial charge < -0.3 is 15.6 Å². The molecule has 0 fully saturated rings. The number of nitrogens with two attached hydrogens (primary N) is 1. The zero-order valence-corrected chi connectivity index (χ0v) is 12.3. The number of nitrogens with one attached hydrogen (secondary N) is 1. The quantitative estimate of drug-likeness (QED) is 0.741. The molecule has 0 atom stereocenters. The summed E-state index contributed by atoms with van der Waals surface area (Å²) in [4.78, 5) is 22.1. The summed E-state index contributed by atoms with van der Waals surface area (Å²) in [6.45, 7) is -0.159. The van der Waals surface area contributed by atoms with Crippen LogP contribution in [0, 0.1) is 0 Å². The van der Waals surface area contributed by atoms with Crippen molar-refractivity contribution in [1.29, 1.82) is 0 Å². The summed E-state index contributed by atoms with van der Waals surface area (Å²) in [7, 11) is 1.84. The van der Waals surface area contributed by atoms with Gasteiger partial charge in [-0.25, -0.2) is 0 Å². The first-order valence-corrected chi connectivity index (χ1v) is 7.19. The Bertz CT molecular complexity index is 641. The fourth-order valence-corrected chi connectivity index (χ4v) is 2.39. The number of primary amides is 1. The first-order valence-electron chi connectivity index (χ1n) is 6.20. The van der Waals surface area contributed by atoms with Crippen molar-refractivity contribution in [2.24, 2.45) is 12.8 Å². The van der Waals surface area contributed by atoms with E-state index in [1.807, 2.05) is 41.9 Å². The first kappa shape index (κ1) is 15.0. The highest BCUT2D eigenvalue weighted by molar-refractivity contribution is 7.99. The molecular weight excluding hydrogens is 290 g/mol. The Hall–Kier alpha value is -2.35. The third-order valence-electron chi connectivity index (χ3n) is 2.66. The maximum atomic E-state index is 11.5. The van der Waals surface area contributed by atoms with Crippen LogP contribution in [0.4, 0.5) is 0 Å². The smallest absolute Gasteiger partial charge is 0.236 e. The minimum atomic E-state index is -0.571. The van der Waals surface area contributed by atoms with Crippen LogP contribution in [0.3, 0.4) is 0 Å². The van der Waals surface area contributed by atoms with Gasteiger partial charge >= 0.3 is 0 Å². The number of hydrogen-bond donors (Lipinski definition) is 2. The number of carbonyl (C=O) groups excluding carboxylic acids is 2. The summed E-state index contributed by atoms with van der Waals surface area (Å²) in [6.07, 6.45) is 0. The maximum absolute atomic E-state index is 11.5. The van der Waals surface area contributed by atoms with Crippen LogP contribution in [-0.4, -0.2) is 38.9 Å². The molecule has 0 bridgehead atoms. The van der Waals surface area contributed by atoms with Crippen LogP contribution in [0.1, 0.15) is 0 Å². The minimum absolute atomic E-state index is 0.147. The number of thioether (sulfide) groups is 1. The zero-order valence-electron chi connectivity index (χ0n) is 11.4. The Morgan fingerprint density at radius 3 is 2.67 bits per heavy atom. The van der Waals surface area contributed by atoms with Gasteiger partial charge in [0, 0.05) is 12.6 Å². The van der Waals surface area contributed by atoms with E-state index >= 15 is 0 Å². The summed E-state index contributed by atoms with van der Waals surface area (Å²) in [5.74, 6) is 0.0331. The van der Waals surface area contributed by atoms with E-state index in [1.54, 1.807) is 0 Å². The van der Waals surface area contributed by atoms with Crippen LogP contribution < -0.4 is 11.1 Å². The van der Waals surface area contributed by atoms with Crippen LogP contribution in [0.5, 0.6) is 0 Å². The molecule has 0 aliphatic carbocycles. The van der Waals surface area contributed by atoms with Gasteiger partial charge in [-0.2, -0.15) is 0 Å². The average molecular weight is 305 g/mol. The van der Waals surface area contributed by atoms with Crippen molar-refractivity contribution in [2.75, 3.05) is 12.3 Å². The van der Waals surface area contributed by atoms with Crippen molar-refractivity contribution >= 4 is 23.6 Å². The van der Waals surface area contributed by atoms with Crippen LogP contribution in [0.2, 0.25) is 0 Å². The number of carbonyl (C=O) groups is 2. The Labute approximate surface area is 125 Å². The fraction of sp³-hybridized carbons (Fsp3) is 0.231. The van der Waals surface area contributed by atoms with Crippen LogP contribution in [0.15, 0.2) is 35.5 Å². The number of rotatable bonds is 6. The SMILES string of the molecule is Cn1c(SCC(=O)NCC(N)=O)nnc1-c1ccccc1. The van der Waals surface area contributed by atoms with Gasteiger partial charge in [-0.15, -0.1) is 10.2 Å². The molecule has 0 spiro atoms. The Kier molecular flexibility index (Phi) is 4.94. The van der Waals surface area contributed by atoms with Gasteiger partial charge in [-0.1, -0.05) is 42.1 Å². The molecule has 110 valence electrons. The van der Waals surface area contributed by atoms with Gasteiger partial charge in [0.15, 0.2) is 11.0 Å². The topological polar surface area (TPSA) is 103 Å². The van der Waals surface area contributed by atoms with E-state index in [0.29, 0.717) is 5.16 Å². The second kappa shape index (κ2) is 6.89. The van der Waals surface area contributed by atoms with E-state index in [2.05, 4.69) is 15.5 Å². The summed E-state index contributed by atoms with van der Waals surface area (Å²) in [5, 5.41) is 11.2. The highest BCUT2D eigenvalue weighted by Crippen LogP contribution is 2.21. The standard InChI is InChI=1S/C13H15N5O2S/c1-18-12(9-5-3-2-4-6-9)16-17-13(18)21-8-11(20)15-7-10(14)19/h2-6H,7-8H2,1H3,(H2,14,19)(H,15,20). The highest BCUT2D eigenvalue weighted by Gasteiger charge is 2.12. The first-order chi connectivity index (χ1) is 10.1. The molecule has 0 aliphatic heterocycles.